The predicted octanol–water partition coefficient (Wildman–Crippen LogP) is 1.06. The molecule has 19 heavy (non-hydrogen) atoms. The van der Waals surface area contributed by atoms with Gasteiger partial charge in [0, 0.05) is 4.90 Å². The first-order valence-corrected chi connectivity index (χ1v) is 6.39. The maximum atomic E-state index is 11.7. The molecule has 1 aliphatic rings. The van der Waals surface area contributed by atoms with Crippen molar-refractivity contribution in [2.45, 2.75) is 4.90 Å². The Kier molecular flexibility index (Phi) is 4.06. The summed E-state index contributed by atoms with van der Waals surface area (Å²) in [6, 6.07) is 4.84. The van der Waals surface area contributed by atoms with Crippen LogP contribution >= 0.6 is 11.8 Å². The number of anilines is 1. The second-order valence-corrected chi connectivity index (χ2v) is 4.72. The predicted molar refractivity (Wildman–Crippen MR) is 68.1 cm³/mol. The summed E-state index contributed by atoms with van der Waals surface area (Å²) in [7, 11) is 1.21. The summed E-state index contributed by atoms with van der Waals surface area (Å²) in [5.41, 5.74) is 0.847. The third-order valence-corrected chi connectivity index (χ3v) is 3.47. The molecule has 0 aliphatic carbocycles. The van der Waals surface area contributed by atoms with Crippen LogP contribution in [0, 0.1) is 0 Å². The van der Waals surface area contributed by atoms with Gasteiger partial charge in [-0.05, 0) is 18.2 Å². The summed E-state index contributed by atoms with van der Waals surface area (Å²) < 4.78 is 9.13. The largest absolute Gasteiger partial charge is 0.466 e. The van der Waals surface area contributed by atoms with Crippen molar-refractivity contribution in [2.75, 3.05) is 24.8 Å². The van der Waals surface area contributed by atoms with Crippen LogP contribution in [0.3, 0.4) is 0 Å². The van der Waals surface area contributed by atoms with E-state index in [0.29, 0.717) is 11.4 Å². The molecule has 1 N–H and O–H groups in total. The molecule has 2 rings (SSSR count). The molecule has 0 atom stereocenters. The molecule has 7 heteroatoms. The number of amides is 1. The van der Waals surface area contributed by atoms with Gasteiger partial charge in [-0.2, -0.15) is 0 Å². The molecule has 0 saturated carbocycles. The van der Waals surface area contributed by atoms with Gasteiger partial charge in [0.15, 0.2) is 6.61 Å². The second-order valence-electron chi connectivity index (χ2n) is 3.70. The lowest BCUT2D eigenvalue weighted by Gasteiger charge is -2.16. The molecule has 1 aliphatic heterocycles. The number of hydrogen-bond donors (Lipinski definition) is 1. The van der Waals surface area contributed by atoms with Crippen molar-refractivity contribution >= 4 is 35.3 Å². The van der Waals surface area contributed by atoms with Gasteiger partial charge in [-0.3, -0.25) is 4.79 Å². The molecule has 0 aromatic heterocycles. The summed E-state index contributed by atoms with van der Waals surface area (Å²) in [4.78, 5) is 34.7. The standard InChI is InChI=1S/C12H11NO5S/c1-17-11(15)5-18-12(16)7-2-3-9-8(4-7)13-10(14)6-19-9/h2-4H,5-6H2,1H3,(H,13,14). The zero-order chi connectivity index (χ0) is 13.8. The number of carbonyl (C=O) groups is 3. The highest BCUT2D eigenvalue weighted by atomic mass is 32.2. The Hall–Kier alpha value is -2.02. The molecule has 1 aromatic carbocycles. The third-order valence-electron chi connectivity index (χ3n) is 2.40. The van der Waals surface area contributed by atoms with Gasteiger partial charge in [0.05, 0.1) is 24.1 Å². The van der Waals surface area contributed by atoms with Gasteiger partial charge in [-0.25, -0.2) is 9.59 Å². The summed E-state index contributed by atoms with van der Waals surface area (Å²) in [5, 5.41) is 2.67. The molecule has 1 aromatic rings. The number of rotatable bonds is 3. The molecular formula is C12H11NO5S. The SMILES string of the molecule is COC(=O)COC(=O)c1ccc2c(c1)NC(=O)CS2. The van der Waals surface area contributed by atoms with Gasteiger partial charge < -0.3 is 14.8 Å². The molecule has 6 nitrogen and oxygen atoms in total. The number of benzene rings is 1. The van der Waals surface area contributed by atoms with Crippen LogP contribution < -0.4 is 5.32 Å². The second kappa shape index (κ2) is 5.75. The van der Waals surface area contributed by atoms with E-state index in [-0.39, 0.29) is 11.5 Å². The highest BCUT2D eigenvalue weighted by molar-refractivity contribution is 8.00. The number of carbonyl (C=O) groups excluding carboxylic acids is 3. The van der Waals surface area contributed by atoms with Gasteiger partial charge >= 0.3 is 11.9 Å². The van der Waals surface area contributed by atoms with Crippen molar-refractivity contribution < 1.29 is 23.9 Å². The number of ether oxygens (including phenoxy) is 2. The Labute approximate surface area is 113 Å². The molecule has 100 valence electrons. The molecule has 0 spiro atoms. The normalized spacial score (nSPS) is 13.2. The summed E-state index contributed by atoms with van der Waals surface area (Å²) in [5.74, 6) is -1.02. The van der Waals surface area contributed by atoms with E-state index in [1.165, 1.54) is 24.9 Å². The molecule has 1 heterocycles. The van der Waals surface area contributed by atoms with E-state index in [9.17, 15) is 14.4 Å². The lowest BCUT2D eigenvalue weighted by atomic mass is 10.2. The quantitative estimate of drug-likeness (QED) is 0.834. The van der Waals surface area contributed by atoms with E-state index >= 15 is 0 Å². The van der Waals surface area contributed by atoms with Gasteiger partial charge in [0.25, 0.3) is 0 Å². The fraction of sp³-hybridized carbons (Fsp3) is 0.250. The average Bonchev–Trinajstić information content (AvgIpc) is 2.43. The van der Waals surface area contributed by atoms with E-state index in [2.05, 4.69) is 10.1 Å². The Morgan fingerprint density at radius 1 is 1.42 bits per heavy atom. The van der Waals surface area contributed by atoms with Crippen molar-refractivity contribution in [1.29, 1.82) is 0 Å². The van der Waals surface area contributed by atoms with Crippen molar-refractivity contribution in [3.63, 3.8) is 0 Å². The molecule has 0 radical (unpaired) electrons. The van der Waals surface area contributed by atoms with Crippen LogP contribution in [-0.2, 0) is 19.1 Å². The Bertz CT molecular complexity index is 543. The fourth-order valence-electron chi connectivity index (χ4n) is 1.48. The smallest absolute Gasteiger partial charge is 0.344 e. The lowest BCUT2D eigenvalue weighted by molar-refractivity contribution is -0.144. The van der Waals surface area contributed by atoms with Crippen molar-refractivity contribution in [1.82, 2.24) is 0 Å². The first-order valence-electron chi connectivity index (χ1n) is 5.41. The first kappa shape index (κ1) is 13.4. The van der Waals surface area contributed by atoms with Crippen molar-refractivity contribution in [3.05, 3.63) is 23.8 Å². The van der Waals surface area contributed by atoms with Crippen LogP contribution in [0.2, 0.25) is 0 Å². The maximum absolute atomic E-state index is 11.7. The minimum Gasteiger partial charge on any atom is -0.466 e. The Morgan fingerprint density at radius 3 is 2.95 bits per heavy atom. The van der Waals surface area contributed by atoms with Crippen molar-refractivity contribution in [2.24, 2.45) is 0 Å². The molecule has 0 saturated heterocycles. The van der Waals surface area contributed by atoms with Crippen LogP contribution in [0.5, 0.6) is 0 Å². The topological polar surface area (TPSA) is 81.7 Å². The van der Waals surface area contributed by atoms with E-state index in [1.807, 2.05) is 0 Å². The zero-order valence-electron chi connectivity index (χ0n) is 10.1. The third kappa shape index (κ3) is 3.25. The van der Waals surface area contributed by atoms with Gasteiger partial charge in [-0.15, -0.1) is 11.8 Å². The van der Waals surface area contributed by atoms with Crippen molar-refractivity contribution in [3.8, 4) is 0 Å². The lowest BCUT2D eigenvalue weighted by Crippen LogP contribution is -2.19. The summed E-state index contributed by atoms with van der Waals surface area (Å²) in [6.07, 6.45) is 0. The van der Waals surface area contributed by atoms with Crippen LogP contribution in [0.4, 0.5) is 5.69 Å². The number of methoxy groups -OCH3 is 1. The molecule has 1 amide bonds. The number of hydrogen-bond acceptors (Lipinski definition) is 6. The number of esters is 2. The highest BCUT2D eigenvalue weighted by Crippen LogP contribution is 2.32. The summed E-state index contributed by atoms with van der Waals surface area (Å²) in [6.45, 7) is -0.437. The zero-order valence-corrected chi connectivity index (χ0v) is 10.9. The monoisotopic (exact) mass is 281 g/mol. The molecule has 0 unspecified atom stereocenters. The minimum atomic E-state index is -0.641. The Balaban J connectivity index is 2.09. The highest BCUT2D eigenvalue weighted by Gasteiger charge is 2.18. The van der Waals surface area contributed by atoms with Crippen LogP contribution in [0.15, 0.2) is 23.1 Å². The first-order chi connectivity index (χ1) is 9.10. The number of fused-ring (bicyclic) bond motifs is 1. The van der Waals surface area contributed by atoms with Gasteiger partial charge in [0.1, 0.15) is 0 Å². The average molecular weight is 281 g/mol. The van der Waals surface area contributed by atoms with E-state index < -0.39 is 18.5 Å². The van der Waals surface area contributed by atoms with Crippen LogP contribution in [0.1, 0.15) is 10.4 Å². The minimum absolute atomic E-state index is 0.113. The number of nitrogens with one attached hydrogen (secondary N) is 1. The van der Waals surface area contributed by atoms with E-state index in [4.69, 9.17) is 4.74 Å². The Morgan fingerprint density at radius 2 is 2.21 bits per heavy atom. The van der Waals surface area contributed by atoms with Crippen LogP contribution in [0.25, 0.3) is 0 Å². The number of thioether (sulfide) groups is 1. The maximum Gasteiger partial charge on any atom is 0.344 e. The van der Waals surface area contributed by atoms with Gasteiger partial charge in [0.2, 0.25) is 5.91 Å². The van der Waals surface area contributed by atoms with E-state index in [1.54, 1.807) is 12.1 Å². The van der Waals surface area contributed by atoms with E-state index in [0.717, 1.165) is 4.90 Å². The fourth-order valence-corrected chi connectivity index (χ4v) is 2.27. The summed E-state index contributed by atoms with van der Waals surface area (Å²) >= 11 is 1.40. The molecule has 0 fully saturated rings. The molecular weight excluding hydrogens is 270 g/mol. The van der Waals surface area contributed by atoms with Gasteiger partial charge in [-0.1, -0.05) is 0 Å². The molecule has 0 bridgehead atoms. The van der Waals surface area contributed by atoms with Crippen LogP contribution in [-0.4, -0.2) is 37.3 Å².